The minimum absolute atomic E-state index is 0.111. The Morgan fingerprint density at radius 1 is 1.18 bits per heavy atom. The molecule has 1 aromatic carbocycles. The molecule has 0 fully saturated rings. The fourth-order valence-electron chi connectivity index (χ4n) is 1.41. The van der Waals surface area contributed by atoms with E-state index in [1.807, 2.05) is 19.1 Å². The molecular formula is C13H17NO3. The summed E-state index contributed by atoms with van der Waals surface area (Å²) in [5.41, 5.74) is 1.75. The number of hydrogen-bond acceptors (Lipinski definition) is 2. The summed E-state index contributed by atoms with van der Waals surface area (Å²) >= 11 is 0. The van der Waals surface area contributed by atoms with Crippen molar-refractivity contribution in [3.8, 4) is 0 Å². The van der Waals surface area contributed by atoms with Crippen molar-refractivity contribution in [2.75, 3.05) is 6.54 Å². The molecule has 0 aliphatic heterocycles. The molecule has 0 spiro atoms. The summed E-state index contributed by atoms with van der Waals surface area (Å²) in [5, 5.41) is 11.2. The number of amides is 1. The molecule has 0 saturated heterocycles. The van der Waals surface area contributed by atoms with Crippen LogP contribution in [0.4, 0.5) is 0 Å². The first-order valence-electron chi connectivity index (χ1n) is 5.66. The van der Waals surface area contributed by atoms with Gasteiger partial charge in [-0.05, 0) is 31.9 Å². The van der Waals surface area contributed by atoms with Crippen LogP contribution in [0.1, 0.15) is 35.2 Å². The lowest BCUT2D eigenvalue weighted by molar-refractivity contribution is -0.137. The highest BCUT2D eigenvalue weighted by Gasteiger charge is 2.03. The maximum Gasteiger partial charge on any atom is 0.303 e. The number of carboxylic acid groups (broad SMARTS) is 1. The van der Waals surface area contributed by atoms with Crippen LogP contribution in [0.2, 0.25) is 0 Å². The first-order chi connectivity index (χ1) is 8.09. The van der Waals surface area contributed by atoms with Crippen LogP contribution in [-0.4, -0.2) is 23.5 Å². The monoisotopic (exact) mass is 235 g/mol. The zero-order valence-electron chi connectivity index (χ0n) is 9.90. The van der Waals surface area contributed by atoms with Gasteiger partial charge >= 0.3 is 5.97 Å². The van der Waals surface area contributed by atoms with E-state index in [2.05, 4.69) is 5.32 Å². The topological polar surface area (TPSA) is 66.4 Å². The van der Waals surface area contributed by atoms with Crippen LogP contribution in [0.5, 0.6) is 0 Å². The molecule has 1 amide bonds. The fourth-order valence-corrected chi connectivity index (χ4v) is 1.41. The Morgan fingerprint density at radius 2 is 1.82 bits per heavy atom. The van der Waals surface area contributed by atoms with Crippen molar-refractivity contribution in [2.45, 2.75) is 26.2 Å². The van der Waals surface area contributed by atoms with Crippen LogP contribution in [0.3, 0.4) is 0 Å². The zero-order valence-corrected chi connectivity index (χ0v) is 9.90. The van der Waals surface area contributed by atoms with Gasteiger partial charge in [-0.2, -0.15) is 0 Å². The Bertz CT molecular complexity index is 384. The summed E-state index contributed by atoms with van der Waals surface area (Å²) in [6.07, 6.45) is 1.42. The van der Waals surface area contributed by atoms with Gasteiger partial charge < -0.3 is 10.4 Å². The molecule has 1 aromatic rings. The number of carbonyl (C=O) groups is 2. The number of carbonyl (C=O) groups excluding carboxylic acids is 1. The second-order valence-electron chi connectivity index (χ2n) is 3.97. The number of unbranched alkanes of at least 4 members (excludes halogenated alkanes) is 1. The second-order valence-corrected chi connectivity index (χ2v) is 3.97. The molecule has 0 saturated carbocycles. The number of aryl methyl sites for hydroxylation is 1. The summed E-state index contributed by atoms with van der Waals surface area (Å²) in [5.74, 6) is -0.907. The normalized spacial score (nSPS) is 9.94. The van der Waals surface area contributed by atoms with Crippen LogP contribution in [0.25, 0.3) is 0 Å². The van der Waals surface area contributed by atoms with Crippen molar-refractivity contribution in [3.63, 3.8) is 0 Å². The largest absolute Gasteiger partial charge is 0.481 e. The lowest BCUT2D eigenvalue weighted by Gasteiger charge is -2.04. The Kier molecular flexibility index (Phi) is 5.20. The van der Waals surface area contributed by atoms with Gasteiger partial charge in [0, 0.05) is 18.5 Å². The highest BCUT2D eigenvalue weighted by atomic mass is 16.4. The number of carboxylic acids is 1. The van der Waals surface area contributed by atoms with Crippen LogP contribution < -0.4 is 5.32 Å². The third kappa shape index (κ3) is 5.15. The van der Waals surface area contributed by atoms with E-state index < -0.39 is 5.97 Å². The van der Waals surface area contributed by atoms with E-state index in [1.54, 1.807) is 12.1 Å². The van der Waals surface area contributed by atoms with E-state index in [9.17, 15) is 9.59 Å². The lowest BCUT2D eigenvalue weighted by Crippen LogP contribution is -2.24. The van der Waals surface area contributed by atoms with Gasteiger partial charge in [-0.3, -0.25) is 9.59 Å². The van der Waals surface area contributed by atoms with Crippen molar-refractivity contribution in [1.82, 2.24) is 5.32 Å². The smallest absolute Gasteiger partial charge is 0.303 e. The summed E-state index contributed by atoms with van der Waals surface area (Å²) in [6.45, 7) is 2.48. The van der Waals surface area contributed by atoms with Gasteiger partial charge in [0.05, 0.1) is 0 Å². The molecule has 0 radical (unpaired) electrons. The molecule has 4 heteroatoms. The lowest BCUT2D eigenvalue weighted by atomic mass is 10.1. The highest BCUT2D eigenvalue weighted by Crippen LogP contribution is 2.03. The first-order valence-corrected chi connectivity index (χ1v) is 5.66. The van der Waals surface area contributed by atoms with Crippen molar-refractivity contribution in [2.24, 2.45) is 0 Å². The number of hydrogen-bond donors (Lipinski definition) is 2. The third-order valence-corrected chi connectivity index (χ3v) is 2.42. The molecule has 0 bridgehead atoms. The van der Waals surface area contributed by atoms with E-state index in [4.69, 9.17) is 5.11 Å². The SMILES string of the molecule is Cc1ccc(C(=O)NCCCCC(=O)O)cc1. The molecule has 0 atom stereocenters. The van der Waals surface area contributed by atoms with Crippen molar-refractivity contribution >= 4 is 11.9 Å². The zero-order chi connectivity index (χ0) is 12.7. The molecule has 4 nitrogen and oxygen atoms in total. The molecule has 1 rings (SSSR count). The fraction of sp³-hybridized carbons (Fsp3) is 0.385. The molecule has 0 heterocycles. The van der Waals surface area contributed by atoms with Crippen molar-refractivity contribution < 1.29 is 14.7 Å². The molecule has 0 aliphatic rings. The standard InChI is InChI=1S/C13H17NO3/c1-10-5-7-11(8-6-10)13(17)14-9-3-2-4-12(15)16/h5-8H,2-4,9H2,1H3,(H,14,17)(H,15,16). The van der Waals surface area contributed by atoms with Crippen molar-refractivity contribution in [3.05, 3.63) is 35.4 Å². The number of aliphatic carboxylic acids is 1. The second kappa shape index (κ2) is 6.68. The maximum atomic E-state index is 11.6. The maximum absolute atomic E-state index is 11.6. The van der Waals surface area contributed by atoms with E-state index in [0.717, 1.165) is 5.56 Å². The molecule has 0 aliphatic carbocycles. The molecule has 0 unspecified atom stereocenters. The predicted octanol–water partition coefficient (Wildman–Crippen LogP) is 1.98. The van der Waals surface area contributed by atoms with Crippen molar-refractivity contribution in [1.29, 1.82) is 0 Å². The van der Waals surface area contributed by atoms with E-state index in [-0.39, 0.29) is 12.3 Å². The Hall–Kier alpha value is -1.84. The van der Waals surface area contributed by atoms with Crippen LogP contribution in [0, 0.1) is 6.92 Å². The number of benzene rings is 1. The molecular weight excluding hydrogens is 218 g/mol. The van der Waals surface area contributed by atoms with Crippen LogP contribution in [0.15, 0.2) is 24.3 Å². The van der Waals surface area contributed by atoms with Gasteiger partial charge in [0.25, 0.3) is 5.91 Å². The Labute approximate surface area is 101 Å². The highest BCUT2D eigenvalue weighted by molar-refractivity contribution is 5.94. The molecule has 92 valence electrons. The van der Waals surface area contributed by atoms with E-state index in [0.29, 0.717) is 24.9 Å². The summed E-state index contributed by atoms with van der Waals surface area (Å²) in [4.78, 5) is 21.9. The molecule has 17 heavy (non-hydrogen) atoms. The average Bonchev–Trinajstić information content (AvgIpc) is 2.29. The van der Waals surface area contributed by atoms with Gasteiger partial charge in [0.1, 0.15) is 0 Å². The average molecular weight is 235 g/mol. The minimum Gasteiger partial charge on any atom is -0.481 e. The van der Waals surface area contributed by atoms with Gasteiger partial charge in [-0.1, -0.05) is 17.7 Å². The third-order valence-electron chi connectivity index (χ3n) is 2.42. The first kappa shape index (κ1) is 13.2. The predicted molar refractivity (Wildman–Crippen MR) is 65.0 cm³/mol. The van der Waals surface area contributed by atoms with Gasteiger partial charge in [-0.25, -0.2) is 0 Å². The van der Waals surface area contributed by atoms with Gasteiger partial charge in [0.2, 0.25) is 0 Å². The number of rotatable bonds is 6. The molecule has 0 aromatic heterocycles. The summed E-state index contributed by atoms with van der Waals surface area (Å²) in [7, 11) is 0. The van der Waals surface area contributed by atoms with Crippen LogP contribution >= 0.6 is 0 Å². The quantitative estimate of drug-likeness (QED) is 0.741. The Balaban J connectivity index is 2.25. The van der Waals surface area contributed by atoms with E-state index >= 15 is 0 Å². The number of nitrogens with one attached hydrogen (secondary N) is 1. The minimum atomic E-state index is -0.796. The van der Waals surface area contributed by atoms with Gasteiger partial charge in [0.15, 0.2) is 0 Å². The van der Waals surface area contributed by atoms with Gasteiger partial charge in [-0.15, -0.1) is 0 Å². The summed E-state index contributed by atoms with van der Waals surface area (Å²) in [6, 6.07) is 7.34. The summed E-state index contributed by atoms with van der Waals surface area (Å²) < 4.78 is 0. The molecule has 2 N–H and O–H groups in total. The Morgan fingerprint density at radius 3 is 2.41 bits per heavy atom. The van der Waals surface area contributed by atoms with E-state index in [1.165, 1.54) is 0 Å². The van der Waals surface area contributed by atoms with Crippen LogP contribution in [-0.2, 0) is 4.79 Å².